The van der Waals surface area contributed by atoms with Gasteiger partial charge in [0, 0.05) is 0 Å². The Balaban J connectivity index is 3.16. The average Bonchev–Trinajstić information content (AvgIpc) is 2.16. The Kier molecular flexibility index (Phi) is 3.40. The molecule has 0 bridgehead atoms. The number of hydrogen-bond donors (Lipinski definition) is 1. The molecule has 15 heavy (non-hydrogen) atoms. The van der Waals surface area contributed by atoms with Crippen LogP contribution in [0.3, 0.4) is 0 Å². The van der Waals surface area contributed by atoms with Gasteiger partial charge in [-0.3, -0.25) is 0 Å². The minimum atomic E-state index is -0.781. The van der Waals surface area contributed by atoms with E-state index in [4.69, 9.17) is 4.74 Å². The number of aliphatic hydroxyl groups is 1. The van der Waals surface area contributed by atoms with Crippen molar-refractivity contribution in [2.75, 3.05) is 7.11 Å². The van der Waals surface area contributed by atoms with Gasteiger partial charge in [0.1, 0.15) is 5.75 Å². The zero-order valence-electron chi connectivity index (χ0n) is 10.2. The van der Waals surface area contributed by atoms with E-state index in [0.29, 0.717) is 0 Å². The molecule has 0 saturated heterocycles. The van der Waals surface area contributed by atoms with Crippen molar-refractivity contribution in [1.29, 1.82) is 0 Å². The number of benzene rings is 1. The zero-order chi connectivity index (χ0) is 11.6. The molecule has 84 valence electrons. The molecule has 1 atom stereocenters. The zero-order valence-corrected chi connectivity index (χ0v) is 10.2. The molecule has 0 radical (unpaired) electrons. The number of ether oxygens (including phenoxy) is 1. The van der Waals surface area contributed by atoms with Crippen molar-refractivity contribution in [3.05, 3.63) is 29.3 Å². The Labute approximate surface area is 91.9 Å². The summed E-state index contributed by atoms with van der Waals surface area (Å²) in [6, 6.07) is 5.78. The molecular formula is C13H20O2. The third-order valence-corrected chi connectivity index (χ3v) is 3.10. The van der Waals surface area contributed by atoms with Crippen molar-refractivity contribution in [3.8, 4) is 5.75 Å². The maximum Gasteiger partial charge on any atom is 0.119 e. The topological polar surface area (TPSA) is 29.5 Å². The van der Waals surface area contributed by atoms with Crippen LogP contribution in [0.5, 0.6) is 5.75 Å². The molecule has 2 heteroatoms. The van der Waals surface area contributed by atoms with Gasteiger partial charge < -0.3 is 9.84 Å². The van der Waals surface area contributed by atoms with Crippen LogP contribution in [-0.2, 0) is 5.60 Å². The molecule has 0 aliphatic carbocycles. The minimum Gasteiger partial charge on any atom is -0.497 e. The molecule has 2 nitrogen and oxygen atoms in total. The predicted molar refractivity (Wildman–Crippen MR) is 62.1 cm³/mol. The Morgan fingerprint density at radius 1 is 1.33 bits per heavy atom. The van der Waals surface area contributed by atoms with E-state index in [9.17, 15) is 5.11 Å². The van der Waals surface area contributed by atoms with E-state index in [1.54, 1.807) is 7.11 Å². The lowest BCUT2D eigenvalue weighted by Crippen LogP contribution is -2.28. The highest BCUT2D eigenvalue weighted by molar-refractivity contribution is 5.38. The lowest BCUT2D eigenvalue weighted by atomic mass is 9.83. The van der Waals surface area contributed by atoms with Crippen molar-refractivity contribution >= 4 is 0 Å². The van der Waals surface area contributed by atoms with Gasteiger partial charge in [-0.1, -0.05) is 19.9 Å². The summed E-state index contributed by atoms with van der Waals surface area (Å²) in [5, 5.41) is 10.4. The minimum absolute atomic E-state index is 0.185. The van der Waals surface area contributed by atoms with Crippen molar-refractivity contribution in [3.63, 3.8) is 0 Å². The first-order valence-electron chi connectivity index (χ1n) is 5.27. The van der Waals surface area contributed by atoms with Crippen molar-refractivity contribution in [1.82, 2.24) is 0 Å². The highest BCUT2D eigenvalue weighted by atomic mass is 16.5. The maximum absolute atomic E-state index is 10.4. The van der Waals surface area contributed by atoms with Crippen LogP contribution in [-0.4, -0.2) is 12.2 Å². The summed E-state index contributed by atoms with van der Waals surface area (Å²) in [5.74, 6) is 1.01. The van der Waals surface area contributed by atoms with Crippen molar-refractivity contribution in [2.24, 2.45) is 5.92 Å². The van der Waals surface area contributed by atoms with E-state index in [2.05, 4.69) is 0 Å². The van der Waals surface area contributed by atoms with Gasteiger partial charge in [0.2, 0.25) is 0 Å². The third kappa shape index (κ3) is 2.32. The monoisotopic (exact) mass is 208 g/mol. The second-order valence-electron chi connectivity index (χ2n) is 4.48. The first kappa shape index (κ1) is 12.1. The summed E-state index contributed by atoms with van der Waals surface area (Å²) in [4.78, 5) is 0. The van der Waals surface area contributed by atoms with Crippen molar-refractivity contribution < 1.29 is 9.84 Å². The lowest BCUT2D eigenvalue weighted by Gasteiger charge is -2.30. The standard InChI is InChI=1S/C13H20O2/c1-9(2)13(4,14)12-7-6-11(15-5)8-10(12)3/h6-9,14H,1-5H3/t13-/m1/s1. The summed E-state index contributed by atoms with van der Waals surface area (Å²) in [6.45, 7) is 7.88. The molecule has 1 aromatic rings. The molecule has 1 rings (SSSR count). The molecule has 0 unspecified atom stereocenters. The second kappa shape index (κ2) is 4.23. The molecule has 0 aliphatic rings. The SMILES string of the molecule is COc1ccc([C@](C)(O)C(C)C)c(C)c1. The van der Waals surface area contributed by atoms with E-state index in [-0.39, 0.29) is 5.92 Å². The van der Waals surface area contributed by atoms with Crippen LogP contribution < -0.4 is 4.74 Å². The number of methoxy groups -OCH3 is 1. The van der Waals surface area contributed by atoms with Gasteiger partial charge in [0.05, 0.1) is 12.7 Å². The van der Waals surface area contributed by atoms with E-state index >= 15 is 0 Å². The van der Waals surface area contributed by atoms with E-state index in [0.717, 1.165) is 16.9 Å². The van der Waals surface area contributed by atoms with Crippen LogP contribution >= 0.6 is 0 Å². The van der Waals surface area contributed by atoms with Crippen LogP contribution in [0.1, 0.15) is 31.9 Å². The molecular weight excluding hydrogens is 188 g/mol. The Bertz CT molecular complexity index is 340. The summed E-state index contributed by atoms with van der Waals surface area (Å²) in [5.41, 5.74) is 1.25. The highest BCUT2D eigenvalue weighted by Gasteiger charge is 2.28. The average molecular weight is 208 g/mol. The Morgan fingerprint density at radius 3 is 2.33 bits per heavy atom. The fraction of sp³-hybridized carbons (Fsp3) is 0.538. The fourth-order valence-electron chi connectivity index (χ4n) is 1.64. The Morgan fingerprint density at radius 2 is 1.93 bits per heavy atom. The van der Waals surface area contributed by atoms with Gasteiger partial charge in [0.15, 0.2) is 0 Å². The summed E-state index contributed by atoms with van der Waals surface area (Å²) < 4.78 is 5.14. The number of rotatable bonds is 3. The largest absolute Gasteiger partial charge is 0.497 e. The van der Waals surface area contributed by atoms with Crippen LogP contribution in [0.4, 0.5) is 0 Å². The fourth-order valence-corrected chi connectivity index (χ4v) is 1.64. The van der Waals surface area contributed by atoms with E-state index in [1.165, 1.54) is 0 Å². The Hall–Kier alpha value is -1.02. The van der Waals surface area contributed by atoms with Crippen LogP contribution in [0.15, 0.2) is 18.2 Å². The molecule has 0 saturated carbocycles. The van der Waals surface area contributed by atoms with Gasteiger partial charge in [-0.15, -0.1) is 0 Å². The van der Waals surface area contributed by atoms with Crippen LogP contribution in [0.25, 0.3) is 0 Å². The lowest BCUT2D eigenvalue weighted by molar-refractivity contribution is 0.00844. The molecule has 0 amide bonds. The van der Waals surface area contributed by atoms with E-state index < -0.39 is 5.60 Å². The van der Waals surface area contributed by atoms with Gasteiger partial charge in [-0.25, -0.2) is 0 Å². The first-order valence-corrected chi connectivity index (χ1v) is 5.27. The smallest absolute Gasteiger partial charge is 0.119 e. The summed E-state index contributed by atoms with van der Waals surface area (Å²) in [6.07, 6.45) is 0. The molecule has 1 aromatic carbocycles. The molecule has 1 N–H and O–H groups in total. The molecule has 0 aromatic heterocycles. The quantitative estimate of drug-likeness (QED) is 0.827. The normalized spacial score (nSPS) is 15.1. The molecule has 0 aliphatic heterocycles. The van der Waals surface area contributed by atoms with Crippen molar-refractivity contribution in [2.45, 2.75) is 33.3 Å². The van der Waals surface area contributed by atoms with Gasteiger partial charge in [-0.2, -0.15) is 0 Å². The number of hydrogen-bond acceptors (Lipinski definition) is 2. The number of aryl methyl sites for hydroxylation is 1. The molecule has 0 fully saturated rings. The summed E-state index contributed by atoms with van der Waals surface area (Å²) >= 11 is 0. The predicted octanol–water partition coefficient (Wildman–Crippen LogP) is 2.87. The van der Waals surface area contributed by atoms with Gasteiger partial charge in [-0.05, 0) is 43.0 Å². The van der Waals surface area contributed by atoms with E-state index in [1.807, 2.05) is 45.9 Å². The van der Waals surface area contributed by atoms with Crippen LogP contribution in [0.2, 0.25) is 0 Å². The van der Waals surface area contributed by atoms with Crippen LogP contribution in [0, 0.1) is 12.8 Å². The third-order valence-electron chi connectivity index (χ3n) is 3.10. The van der Waals surface area contributed by atoms with Gasteiger partial charge in [0.25, 0.3) is 0 Å². The maximum atomic E-state index is 10.4. The highest BCUT2D eigenvalue weighted by Crippen LogP contribution is 2.32. The first-order chi connectivity index (χ1) is 6.89. The summed E-state index contributed by atoms with van der Waals surface area (Å²) in [7, 11) is 1.65. The van der Waals surface area contributed by atoms with Gasteiger partial charge >= 0.3 is 0 Å². The molecule has 0 spiro atoms. The second-order valence-corrected chi connectivity index (χ2v) is 4.48. The molecule has 0 heterocycles.